The lowest BCUT2D eigenvalue weighted by Crippen LogP contribution is -2.30. The lowest BCUT2D eigenvalue weighted by molar-refractivity contribution is -0.167. The zero-order valence-electron chi connectivity index (χ0n) is 46.9. The molecule has 0 aromatic carbocycles. The summed E-state index contributed by atoms with van der Waals surface area (Å²) in [6.45, 7) is 6.67. The Kier molecular flexibility index (Phi) is 57.1. The average Bonchev–Trinajstić information content (AvgIpc) is 3.35. The Morgan fingerprint density at radius 1 is 0.275 bits per heavy atom. The first kappa shape index (κ1) is 67.1. The van der Waals surface area contributed by atoms with Crippen LogP contribution in [0.3, 0.4) is 0 Å². The summed E-state index contributed by atoms with van der Waals surface area (Å²) >= 11 is 0. The van der Waals surface area contributed by atoms with Crippen LogP contribution in [0.1, 0.15) is 355 Å². The highest BCUT2D eigenvalue weighted by atomic mass is 16.6. The van der Waals surface area contributed by atoms with E-state index < -0.39 is 6.10 Å². The van der Waals surface area contributed by atoms with Crippen LogP contribution in [0.2, 0.25) is 0 Å². The summed E-state index contributed by atoms with van der Waals surface area (Å²) in [7, 11) is 0. The standard InChI is InChI=1S/C63H120O6/c1-4-7-10-13-16-19-21-23-25-27-28-29-30-31-32-33-34-35-36-37-39-40-42-44-47-50-53-56-62(65)68-59-60(58-67-61(64)55-52-49-46-18-15-12-9-6-3)69-63(66)57-54-51-48-45-43-41-38-26-24-22-20-17-14-11-8-5-2/h27-28,60H,4-26,29-59H2,1-3H3/b28-27-. The molecular formula is C63H120O6. The van der Waals surface area contributed by atoms with Crippen LogP contribution >= 0.6 is 0 Å². The lowest BCUT2D eigenvalue weighted by atomic mass is 10.0. The number of allylic oxidation sites excluding steroid dienone is 2. The van der Waals surface area contributed by atoms with Gasteiger partial charge in [0, 0.05) is 19.3 Å². The van der Waals surface area contributed by atoms with Gasteiger partial charge < -0.3 is 14.2 Å². The lowest BCUT2D eigenvalue weighted by Gasteiger charge is -2.18. The topological polar surface area (TPSA) is 78.9 Å². The van der Waals surface area contributed by atoms with Gasteiger partial charge in [0.05, 0.1) is 0 Å². The number of unbranched alkanes of at least 4 members (excludes halogenated alkanes) is 45. The van der Waals surface area contributed by atoms with E-state index >= 15 is 0 Å². The molecule has 0 fully saturated rings. The van der Waals surface area contributed by atoms with Crippen molar-refractivity contribution in [1.29, 1.82) is 0 Å². The fourth-order valence-electron chi connectivity index (χ4n) is 9.56. The molecule has 0 aromatic heterocycles. The largest absolute Gasteiger partial charge is 0.462 e. The zero-order valence-corrected chi connectivity index (χ0v) is 46.9. The van der Waals surface area contributed by atoms with Gasteiger partial charge in [0.2, 0.25) is 0 Å². The first-order valence-electron chi connectivity index (χ1n) is 31.2. The summed E-state index contributed by atoms with van der Waals surface area (Å²) in [6.07, 6.45) is 68.1. The predicted octanol–water partition coefficient (Wildman–Crippen LogP) is 20.9. The Bertz CT molecular complexity index is 1070. The van der Waals surface area contributed by atoms with Crippen molar-refractivity contribution in [1.82, 2.24) is 0 Å². The molecule has 0 aliphatic rings. The number of carbonyl (C=O) groups excluding carboxylic acids is 3. The third-order valence-corrected chi connectivity index (χ3v) is 14.3. The fourth-order valence-corrected chi connectivity index (χ4v) is 9.56. The Morgan fingerprint density at radius 3 is 0.725 bits per heavy atom. The normalized spacial score (nSPS) is 12.0. The second kappa shape index (κ2) is 58.7. The zero-order chi connectivity index (χ0) is 50.0. The maximum Gasteiger partial charge on any atom is 0.306 e. The summed E-state index contributed by atoms with van der Waals surface area (Å²) in [5.74, 6) is -0.842. The number of ether oxygens (including phenoxy) is 3. The molecule has 0 radical (unpaired) electrons. The van der Waals surface area contributed by atoms with Gasteiger partial charge in [0.15, 0.2) is 6.10 Å². The Balaban J connectivity index is 4.07. The molecule has 0 saturated carbocycles. The minimum Gasteiger partial charge on any atom is -0.462 e. The van der Waals surface area contributed by atoms with Crippen molar-refractivity contribution in [3.05, 3.63) is 12.2 Å². The molecule has 0 heterocycles. The van der Waals surface area contributed by atoms with Crippen molar-refractivity contribution < 1.29 is 28.6 Å². The van der Waals surface area contributed by atoms with Gasteiger partial charge in [-0.3, -0.25) is 14.4 Å². The van der Waals surface area contributed by atoms with E-state index in [9.17, 15) is 14.4 Å². The molecule has 0 bridgehead atoms. The number of hydrogen-bond donors (Lipinski definition) is 0. The van der Waals surface area contributed by atoms with E-state index in [-0.39, 0.29) is 31.1 Å². The summed E-state index contributed by atoms with van der Waals surface area (Å²) in [6, 6.07) is 0. The van der Waals surface area contributed by atoms with Crippen LogP contribution in [0.5, 0.6) is 0 Å². The van der Waals surface area contributed by atoms with Crippen LogP contribution in [0.4, 0.5) is 0 Å². The van der Waals surface area contributed by atoms with Gasteiger partial charge in [0.25, 0.3) is 0 Å². The molecular weight excluding hydrogens is 853 g/mol. The number of rotatable bonds is 58. The van der Waals surface area contributed by atoms with Crippen LogP contribution in [0.15, 0.2) is 12.2 Å². The molecule has 6 heteroatoms. The van der Waals surface area contributed by atoms with Crippen molar-refractivity contribution >= 4 is 17.9 Å². The highest BCUT2D eigenvalue weighted by Gasteiger charge is 2.19. The number of esters is 3. The minimum absolute atomic E-state index is 0.0636. The fraction of sp³-hybridized carbons (Fsp3) is 0.921. The van der Waals surface area contributed by atoms with E-state index in [4.69, 9.17) is 14.2 Å². The van der Waals surface area contributed by atoms with Crippen molar-refractivity contribution in [3.63, 3.8) is 0 Å². The van der Waals surface area contributed by atoms with Gasteiger partial charge >= 0.3 is 17.9 Å². The molecule has 6 nitrogen and oxygen atoms in total. The van der Waals surface area contributed by atoms with E-state index in [1.54, 1.807) is 0 Å². The highest BCUT2D eigenvalue weighted by molar-refractivity contribution is 5.71. The Labute approximate surface area is 431 Å². The van der Waals surface area contributed by atoms with Gasteiger partial charge in [-0.05, 0) is 44.9 Å². The van der Waals surface area contributed by atoms with E-state index in [2.05, 4.69) is 32.9 Å². The van der Waals surface area contributed by atoms with E-state index in [1.807, 2.05) is 0 Å². The van der Waals surface area contributed by atoms with E-state index in [0.29, 0.717) is 19.3 Å². The number of carbonyl (C=O) groups is 3. The SMILES string of the molecule is CCCCCCCCCC/C=C\CCCCCCCCCCCCCCCCCC(=O)OCC(COC(=O)CCCCCCCCCC)OC(=O)CCCCCCCCCCCCCCCCCC. The van der Waals surface area contributed by atoms with Crippen molar-refractivity contribution in [2.45, 2.75) is 361 Å². The summed E-state index contributed by atoms with van der Waals surface area (Å²) in [4.78, 5) is 38.0. The summed E-state index contributed by atoms with van der Waals surface area (Å²) in [5, 5.41) is 0. The maximum atomic E-state index is 12.8. The second-order valence-electron chi connectivity index (χ2n) is 21.3. The van der Waals surface area contributed by atoms with Crippen LogP contribution < -0.4 is 0 Å². The molecule has 0 aliphatic carbocycles. The van der Waals surface area contributed by atoms with E-state index in [0.717, 1.165) is 57.8 Å². The first-order valence-corrected chi connectivity index (χ1v) is 31.2. The molecule has 69 heavy (non-hydrogen) atoms. The molecule has 1 unspecified atom stereocenters. The van der Waals surface area contributed by atoms with Crippen molar-refractivity contribution in [2.75, 3.05) is 13.2 Å². The summed E-state index contributed by atoms with van der Waals surface area (Å²) < 4.78 is 16.9. The van der Waals surface area contributed by atoms with Gasteiger partial charge in [-0.25, -0.2) is 0 Å². The Hall–Kier alpha value is -1.85. The molecule has 0 N–H and O–H groups in total. The molecule has 0 spiro atoms. The van der Waals surface area contributed by atoms with Crippen molar-refractivity contribution in [3.8, 4) is 0 Å². The third kappa shape index (κ3) is 56.9. The molecule has 1 atom stereocenters. The van der Waals surface area contributed by atoms with Crippen LogP contribution in [0.25, 0.3) is 0 Å². The van der Waals surface area contributed by atoms with Crippen LogP contribution in [-0.2, 0) is 28.6 Å². The average molecular weight is 974 g/mol. The molecule has 0 amide bonds. The van der Waals surface area contributed by atoms with Gasteiger partial charge in [-0.15, -0.1) is 0 Å². The molecule has 0 aromatic rings. The summed E-state index contributed by atoms with van der Waals surface area (Å²) in [5.41, 5.74) is 0. The predicted molar refractivity (Wildman–Crippen MR) is 298 cm³/mol. The van der Waals surface area contributed by atoms with Gasteiger partial charge in [-0.2, -0.15) is 0 Å². The van der Waals surface area contributed by atoms with Gasteiger partial charge in [0.1, 0.15) is 13.2 Å². The Morgan fingerprint density at radius 2 is 0.478 bits per heavy atom. The van der Waals surface area contributed by atoms with E-state index in [1.165, 1.54) is 257 Å². The molecule has 408 valence electrons. The quantitative estimate of drug-likeness (QED) is 0.0261. The number of hydrogen-bond acceptors (Lipinski definition) is 6. The van der Waals surface area contributed by atoms with Crippen molar-refractivity contribution in [2.24, 2.45) is 0 Å². The van der Waals surface area contributed by atoms with Gasteiger partial charge in [-0.1, -0.05) is 303 Å². The molecule has 0 aliphatic heterocycles. The maximum absolute atomic E-state index is 12.8. The minimum atomic E-state index is -0.762. The second-order valence-corrected chi connectivity index (χ2v) is 21.3. The smallest absolute Gasteiger partial charge is 0.306 e. The molecule has 0 rings (SSSR count). The monoisotopic (exact) mass is 973 g/mol. The molecule has 0 saturated heterocycles. The first-order chi connectivity index (χ1) is 34.0. The third-order valence-electron chi connectivity index (χ3n) is 14.3. The van der Waals surface area contributed by atoms with Crippen LogP contribution in [0, 0.1) is 0 Å². The van der Waals surface area contributed by atoms with Crippen LogP contribution in [-0.4, -0.2) is 37.2 Å². The highest BCUT2D eigenvalue weighted by Crippen LogP contribution is 2.18.